The van der Waals surface area contributed by atoms with Crippen LogP contribution in [0.5, 0.6) is 0 Å². The molecule has 0 radical (unpaired) electrons. The molecule has 0 saturated carbocycles. The molecule has 0 aliphatic heterocycles. The van der Waals surface area contributed by atoms with Crippen molar-refractivity contribution in [1.29, 1.82) is 0 Å². The molecule has 1 unspecified atom stereocenters. The van der Waals surface area contributed by atoms with Crippen LogP contribution in [-0.4, -0.2) is 41.1 Å². The highest BCUT2D eigenvalue weighted by Crippen LogP contribution is 2.20. The first-order valence-corrected chi connectivity index (χ1v) is 5.96. The van der Waals surface area contributed by atoms with Crippen molar-refractivity contribution in [3.05, 3.63) is 11.9 Å². The van der Waals surface area contributed by atoms with E-state index in [-0.39, 0.29) is 12.3 Å². The topological polar surface area (TPSA) is 98.7 Å². The van der Waals surface area contributed by atoms with Crippen LogP contribution in [0.2, 0.25) is 0 Å². The molecule has 0 saturated heterocycles. The van der Waals surface area contributed by atoms with E-state index in [0.29, 0.717) is 12.4 Å². The summed E-state index contributed by atoms with van der Waals surface area (Å²) in [5.41, 5.74) is 1.69. The molecule has 2 aromatic heterocycles. The Labute approximate surface area is 110 Å². The highest BCUT2D eigenvalue weighted by atomic mass is 16.4. The van der Waals surface area contributed by atoms with Crippen molar-refractivity contribution < 1.29 is 9.90 Å². The van der Waals surface area contributed by atoms with Crippen molar-refractivity contribution in [1.82, 2.24) is 30.0 Å². The minimum atomic E-state index is -0.820. The number of rotatable bonds is 5. The lowest BCUT2D eigenvalue weighted by molar-refractivity contribution is -0.138. The summed E-state index contributed by atoms with van der Waals surface area (Å²) in [5.74, 6) is -0.251. The Hall–Kier alpha value is -2.25. The number of hydrogen-bond donors (Lipinski definition) is 1. The van der Waals surface area contributed by atoms with Gasteiger partial charge in [0.2, 0.25) is 0 Å². The molecule has 1 N–H and O–H groups in total. The minimum Gasteiger partial charge on any atom is -0.481 e. The number of aromatic nitrogens is 6. The lowest BCUT2D eigenvalue weighted by atomic mass is 10.1. The molecule has 2 aromatic rings. The molecule has 1 atom stereocenters. The number of carboxylic acid groups (broad SMARTS) is 1. The Kier molecular flexibility index (Phi) is 3.59. The van der Waals surface area contributed by atoms with E-state index in [0.717, 1.165) is 11.3 Å². The van der Waals surface area contributed by atoms with E-state index in [1.807, 2.05) is 27.1 Å². The molecular formula is C11H16N6O2. The van der Waals surface area contributed by atoms with Gasteiger partial charge in [0, 0.05) is 26.2 Å². The Bertz CT molecular complexity index is 588. The third kappa shape index (κ3) is 2.95. The lowest BCUT2D eigenvalue weighted by Crippen LogP contribution is -2.14. The van der Waals surface area contributed by atoms with Crippen molar-refractivity contribution in [3.8, 4) is 11.4 Å². The molecule has 2 rings (SSSR count). The zero-order chi connectivity index (χ0) is 14.0. The van der Waals surface area contributed by atoms with E-state index in [9.17, 15) is 4.79 Å². The molecule has 0 aliphatic rings. The first-order chi connectivity index (χ1) is 8.97. The summed E-state index contributed by atoms with van der Waals surface area (Å²) in [7, 11) is 1.83. The van der Waals surface area contributed by atoms with Gasteiger partial charge in [-0.05, 0) is 23.3 Å². The Morgan fingerprint density at radius 2 is 2.26 bits per heavy atom. The molecule has 8 heteroatoms. The van der Waals surface area contributed by atoms with Gasteiger partial charge in [-0.3, -0.25) is 9.48 Å². The Balaban J connectivity index is 2.23. The van der Waals surface area contributed by atoms with Crippen LogP contribution in [0.25, 0.3) is 11.4 Å². The fourth-order valence-corrected chi connectivity index (χ4v) is 2.00. The number of aryl methyl sites for hydroxylation is 2. The quantitative estimate of drug-likeness (QED) is 0.844. The summed E-state index contributed by atoms with van der Waals surface area (Å²) < 4.78 is 3.32. The van der Waals surface area contributed by atoms with Crippen LogP contribution in [0.15, 0.2) is 6.20 Å². The monoisotopic (exact) mass is 264 g/mol. The first-order valence-electron chi connectivity index (χ1n) is 5.96. The van der Waals surface area contributed by atoms with Crippen LogP contribution in [-0.2, 0) is 18.4 Å². The van der Waals surface area contributed by atoms with E-state index in [1.165, 1.54) is 0 Å². The van der Waals surface area contributed by atoms with Gasteiger partial charge in [0.1, 0.15) is 0 Å². The fraction of sp³-hybridized carbons (Fsp3) is 0.545. The zero-order valence-corrected chi connectivity index (χ0v) is 11.1. The molecule has 0 amide bonds. The summed E-state index contributed by atoms with van der Waals surface area (Å²) in [6, 6.07) is 0. The zero-order valence-electron chi connectivity index (χ0n) is 11.1. The van der Waals surface area contributed by atoms with Gasteiger partial charge in [-0.15, -0.1) is 5.10 Å². The van der Waals surface area contributed by atoms with E-state index in [1.54, 1.807) is 9.36 Å². The molecule has 0 aliphatic carbocycles. The average Bonchev–Trinajstić information content (AvgIpc) is 2.83. The lowest BCUT2D eigenvalue weighted by Gasteiger charge is -2.09. The van der Waals surface area contributed by atoms with Gasteiger partial charge in [-0.25, -0.2) is 4.68 Å². The molecular weight excluding hydrogens is 248 g/mol. The van der Waals surface area contributed by atoms with E-state index < -0.39 is 5.97 Å². The second-order valence-corrected chi connectivity index (χ2v) is 4.69. The largest absolute Gasteiger partial charge is 0.481 e. The summed E-state index contributed by atoms with van der Waals surface area (Å²) in [4.78, 5) is 10.7. The number of aliphatic carboxylic acids is 1. The number of carboxylic acids is 1. The van der Waals surface area contributed by atoms with Crippen LogP contribution in [0, 0.1) is 12.8 Å². The molecule has 8 nitrogen and oxygen atoms in total. The smallest absolute Gasteiger partial charge is 0.303 e. The van der Waals surface area contributed by atoms with Crippen molar-refractivity contribution in [2.24, 2.45) is 13.0 Å². The molecule has 19 heavy (non-hydrogen) atoms. The van der Waals surface area contributed by atoms with Gasteiger partial charge in [0.25, 0.3) is 0 Å². The molecule has 0 fully saturated rings. The molecule has 102 valence electrons. The second kappa shape index (κ2) is 5.17. The maximum absolute atomic E-state index is 10.7. The van der Waals surface area contributed by atoms with Gasteiger partial charge in [0.05, 0.1) is 11.3 Å². The van der Waals surface area contributed by atoms with E-state index in [4.69, 9.17) is 5.11 Å². The molecule has 2 heterocycles. The van der Waals surface area contributed by atoms with Crippen LogP contribution < -0.4 is 0 Å². The van der Waals surface area contributed by atoms with E-state index in [2.05, 4.69) is 20.6 Å². The third-order valence-corrected chi connectivity index (χ3v) is 2.79. The van der Waals surface area contributed by atoms with Crippen molar-refractivity contribution >= 4 is 5.97 Å². The predicted molar refractivity (Wildman–Crippen MR) is 66.2 cm³/mol. The number of hydrogen-bond acceptors (Lipinski definition) is 5. The Morgan fingerprint density at radius 3 is 2.84 bits per heavy atom. The van der Waals surface area contributed by atoms with Crippen LogP contribution in [0.1, 0.15) is 19.0 Å². The number of carbonyl (C=O) groups is 1. The fourth-order valence-electron chi connectivity index (χ4n) is 2.00. The highest BCUT2D eigenvalue weighted by Gasteiger charge is 2.17. The number of nitrogens with zero attached hydrogens (tertiary/aromatic N) is 6. The summed E-state index contributed by atoms with van der Waals surface area (Å²) in [5, 5.41) is 24.6. The van der Waals surface area contributed by atoms with Crippen molar-refractivity contribution in [3.63, 3.8) is 0 Å². The normalized spacial score (nSPS) is 12.6. The first kappa shape index (κ1) is 13.2. The minimum absolute atomic E-state index is 0.0447. The van der Waals surface area contributed by atoms with Gasteiger partial charge in [0.15, 0.2) is 5.82 Å². The molecule has 0 bridgehead atoms. The SMILES string of the molecule is Cc1nn(C)cc1-c1nnnn1CC(C)CC(=O)O. The molecule has 0 spiro atoms. The van der Waals surface area contributed by atoms with Crippen LogP contribution >= 0.6 is 0 Å². The highest BCUT2D eigenvalue weighted by molar-refractivity contribution is 5.66. The van der Waals surface area contributed by atoms with Gasteiger partial charge < -0.3 is 5.11 Å². The Morgan fingerprint density at radius 1 is 1.53 bits per heavy atom. The molecule has 0 aromatic carbocycles. The maximum atomic E-state index is 10.7. The van der Waals surface area contributed by atoms with Crippen LogP contribution in [0.4, 0.5) is 0 Å². The third-order valence-electron chi connectivity index (χ3n) is 2.79. The van der Waals surface area contributed by atoms with Crippen LogP contribution in [0.3, 0.4) is 0 Å². The predicted octanol–water partition coefficient (Wildman–Crippen LogP) is 0.493. The maximum Gasteiger partial charge on any atom is 0.303 e. The van der Waals surface area contributed by atoms with Crippen molar-refractivity contribution in [2.75, 3.05) is 0 Å². The van der Waals surface area contributed by atoms with Gasteiger partial charge in [-0.1, -0.05) is 6.92 Å². The van der Waals surface area contributed by atoms with E-state index >= 15 is 0 Å². The van der Waals surface area contributed by atoms with Crippen molar-refractivity contribution in [2.45, 2.75) is 26.8 Å². The van der Waals surface area contributed by atoms with Gasteiger partial charge >= 0.3 is 5.97 Å². The summed E-state index contributed by atoms with van der Waals surface area (Å²) in [6.07, 6.45) is 1.94. The second-order valence-electron chi connectivity index (χ2n) is 4.69. The number of tetrazole rings is 1. The standard InChI is InChI=1S/C11H16N6O2/c1-7(4-10(18)19)5-17-11(12-14-15-17)9-6-16(3)13-8(9)2/h6-7H,4-5H2,1-3H3,(H,18,19). The van der Waals surface area contributed by atoms with Gasteiger partial charge in [-0.2, -0.15) is 5.10 Å². The summed E-state index contributed by atoms with van der Waals surface area (Å²) in [6.45, 7) is 4.20. The summed E-state index contributed by atoms with van der Waals surface area (Å²) >= 11 is 0. The average molecular weight is 264 g/mol.